The summed E-state index contributed by atoms with van der Waals surface area (Å²) in [5, 5.41) is 2.99. The Morgan fingerprint density at radius 1 is 1.09 bits per heavy atom. The molecule has 4 heteroatoms. The average Bonchev–Trinajstić information content (AvgIpc) is 2.56. The zero-order valence-corrected chi connectivity index (χ0v) is 13.2. The van der Waals surface area contributed by atoms with Crippen LogP contribution in [-0.2, 0) is 0 Å². The molecule has 4 nitrogen and oxygen atoms in total. The third-order valence-electron chi connectivity index (χ3n) is 3.20. The summed E-state index contributed by atoms with van der Waals surface area (Å²) in [5.41, 5.74) is 1.97. The van der Waals surface area contributed by atoms with Gasteiger partial charge in [-0.15, -0.1) is 0 Å². The van der Waals surface area contributed by atoms with Crippen molar-refractivity contribution in [1.29, 1.82) is 0 Å². The van der Waals surface area contributed by atoms with Crippen LogP contribution in [0.2, 0.25) is 0 Å². The van der Waals surface area contributed by atoms with E-state index in [9.17, 15) is 9.59 Å². The Balaban J connectivity index is 1.98. The van der Waals surface area contributed by atoms with Crippen LogP contribution in [0, 0.1) is 0 Å². The molecule has 0 aliphatic heterocycles. The lowest BCUT2D eigenvalue weighted by molar-refractivity contribution is 0.101. The summed E-state index contributed by atoms with van der Waals surface area (Å²) < 4.78 is 5.34. The minimum atomic E-state index is -0.108. The number of ketones is 2. The van der Waals surface area contributed by atoms with Crippen molar-refractivity contribution in [3.05, 3.63) is 71.9 Å². The molecule has 0 heterocycles. The van der Waals surface area contributed by atoms with Gasteiger partial charge in [-0.3, -0.25) is 9.59 Å². The van der Waals surface area contributed by atoms with Gasteiger partial charge in [0.15, 0.2) is 11.6 Å². The van der Waals surface area contributed by atoms with E-state index in [4.69, 9.17) is 4.74 Å². The van der Waals surface area contributed by atoms with Crippen molar-refractivity contribution in [2.75, 3.05) is 11.9 Å². The van der Waals surface area contributed by atoms with Gasteiger partial charge in [-0.1, -0.05) is 12.1 Å². The molecule has 2 rings (SSSR count). The Kier molecular flexibility index (Phi) is 5.69. The van der Waals surface area contributed by atoms with Gasteiger partial charge in [-0.2, -0.15) is 0 Å². The van der Waals surface area contributed by atoms with E-state index in [1.165, 1.54) is 13.0 Å². The van der Waals surface area contributed by atoms with Gasteiger partial charge in [0.25, 0.3) is 0 Å². The topological polar surface area (TPSA) is 55.4 Å². The monoisotopic (exact) mass is 309 g/mol. The smallest absolute Gasteiger partial charge is 0.187 e. The predicted molar refractivity (Wildman–Crippen MR) is 91.2 cm³/mol. The van der Waals surface area contributed by atoms with Crippen molar-refractivity contribution in [2.24, 2.45) is 0 Å². The number of rotatable bonds is 7. The van der Waals surface area contributed by atoms with Gasteiger partial charge >= 0.3 is 0 Å². The molecule has 0 amide bonds. The summed E-state index contributed by atoms with van der Waals surface area (Å²) in [4.78, 5) is 23.4. The second-order valence-electron chi connectivity index (χ2n) is 4.94. The number of hydrogen-bond acceptors (Lipinski definition) is 4. The molecule has 0 aliphatic carbocycles. The van der Waals surface area contributed by atoms with E-state index in [-0.39, 0.29) is 11.6 Å². The van der Waals surface area contributed by atoms with E-state index in [0.717, 1.165) is 11.4 Å². The van der Waals surface area contributed by atoms with Gasteiger partial charge in [-0.25, -0.2) is 0 Å². The molecule has 0 spiro atoms. The van der Waals surface area contributed by atoms with Gasteiger partial charge in [-0.05, 0) is 50.2 Å². The molecule has 0 aromatic heterocycles. The number of allylic oxidation sites excluding steroid dienone is 1. The fourth-order valence-electron chi connectivity index (χ4n) is 2.02. The number of nitrogens with one attached hydrogen (secondary N) is 1. The van der Waals surface area contributed by atoms with Crippen molar-refractivity contribution in [1.82, 2.24) is 0 Å². The molecule has 0 radical (unpaired) electrons. The third-order valence-corrected chi connectivity index (χ3v) is 3.20. The summed E-state index contributed by atoms with van der Waals surface area (Å²) in [5.74, 6) is 0.638. The molecule has 2 aromatic carbocycles. The normalized spacial score (nSPS) is 10.5. The number of carbonyl (C=O) groups is 2. The first-order valence-electron chi connectivity index (χ1n) is 7.41. The first-order valence-corrected chi connectivity index (χ1v) is 7.41. The number of hydrogen-bond donors (Lipinski definition) is 1. The molecule has 0 atom stereocenters. The van der Waals surface area contributed by atoms with Crippen LogP contribution >= 0.6 is 0 Å². The number of Topliss-reactive ketones (excluding diaryl/α,β-unsaturated/α-hetero) is 1. The number of benzene rings is 2. The fraction of sp³-hybridized carbons (Fsp3) is 0.158. The van der Waals surface area contributed by atoms with E-state index in [1.807, 2.05) is 13.0 Å². The lowest BCUT2D eigenvalue weighted by Crippen LogP contribution is -1.98. The van der Waals surface area contributed by atoms with Crippen molar-refractivity contribution in [3.63, 3.8) is 0 Å². The van der Waals surface area contributed by atoms with Crippen molar-refractivity contribution in [2.45, 2.75) is 13.8 Å². The summed E-state index contributed by atoms with van der Waals surface area (Å²) in [6.45, 7) is 4.02. The van der Waals surface area contributed by atoms with Crippen LogP contribution < -0.4 is 10.1 Å². The molecule has 0 saturated heterocycles. The van der Waals surface area contributed by atoms with E-state index < -0.39 is 0 Å². The minimum absolute atomic E-state index is 0.00286. The third kappa shape index (κ3) is 4.81. The lowest BCUT2D eigenvalue weighted by atomic mass is 10.1. The Morgan fingerprint density at radius 2 is 1.83 bits per heavy atom. The molecule has 23 heavy (non-hydrogen) atoms. The SMILES string of the molecule is CCOc1ccc(C(=O)/C=C/Nc2cccc(C(C)=O)c2)cc1. The van der Waals surface area contributed by atoms with E-state index in [2.05, 4.69) is 5.32 Å². The zero-order valence-electron chi connectivity index (χ0n) is 13.2. The van der Waals surface area contributed by atoms with Crippen LogP contribution in [0.4, 0.5) is 5.69 Å². The molecular formula is C19H19NO3. The van der Waals surface area contributed by atoms with Crippen LogP contribution in [0.25, 0.3) is 0 Å². The summed E-state index contributed by atoms with van der Waals surface area (Å²) in [6.07, 6.45) is 3.02. The summed E-state index contributed by atoms with van der Waals surface area (Å²) in [7, 11) is 0. The van der Waals surface area contributed by atoms with Gasteiger partial charge in [0.05, 0.1) is 6.61 Å². The number of ether oxygens (including phenoxy) is 1. The number of anilines is 1. The molecule has 0 saturated carbocycles. The first kappa shape index (κ1) is 16.5. The highest BCUT2D eigenvalue weighted by molar-refractivity contribution is 6.04. The molecule has 118 valence electrons. The van der Waals surface area contributed by atoms with E-state index >= 15 is 0 Å². The van der Waals surface area contributed by atoms with Crippen molar-refractivity contribution < 1.29 is 14.3 Å². The van der Waals surface area contributed by atoms with E-state index in [0.29, 0.717) is 17.7 Å². The second-order valence-corrected chi connectivity index (χ2v) is 4.94. The lowest BCUT2D eigenvalue weighted by Gasteiger charge is -2.04. The van der Waals surface area contributed by atoms with Crippen LogP contribution in [0.1, 0.15) is 34.6 Å². The molecule has 0 bridgehead atoms. The Labute approximate surface area is 135 Å². The number of carbonyl (C=O) groups excluding carboxylic acids is 2. The van der Waals surface area contributed by atoms with Crippen LogP contribution in [0.3, 0.4) is 0 Å². The summed E-state index contributed by atoms with van der Waals surface area (Å²) >= 11 is 0. The quantitative estimate of drug-likeness (QED) is 0.618. The van der Waals surface area contributed by atoms with Gasteiger partial charge in [0, 0.05) is 29.1 Å². The van der Waals surface area contributed by atoms with E-state index in [1.54, 1.807) is 48.7 Å². The Hall–Kier alpha value is -2.88. The summed E-state index contributed by atoms with van der Waals surface area (Å²) in [6, 6.07) is 14.1. The molecule has 0 aliphatic rings. The predicted octanol–water partition coefficient (Wildman–Crippen LogP) is 4.10. The Morgan fingerprint density at radius 3 is 2.48 bits per heavy atom. The highest BCUT2D eigenvalue weighted by Gasteiger charge is 2.02. The molecule has 2 aromatic rings. The van der Waals surface area contributed by atoms with Gasteiger partial charge < -0.3 is 10.1 Å². The second kappa shape index (κ2) is 7.94. The maximum atomic E-state index is 12.1. The largest absolute Gasteiger partial charge is 0.494 e. The fourth-order valence-corrected chi connectivity index (χ4v) is 2.02. The van der Waals surface area contributed by atoms with Crippen LogP contribution in [0.5, 0.6) is 5.75 Å². The van der Waals surface area contributed by atoms with Crippen molar-refractivity contribution in [3.8, 4) is 5.75 Å². The first-order chi connectivity index (χ1) is 11.1. The van der Waals surface area contributed by atoms with Gasteiger partial charge in [0.2, 0.25) is 0 Å². The minimum Gasteiger partial charge on any atom is -0.494 e. The molecule has 0 unspecified atom stereocenters. The highest BCUT2D eigenvalue weighted by Crippen LogP contribution is 2.14. The average molecular weight is 309 g/mol. The highest BCUT2D eigenvalue weighted by atomic mass is 16.5. The maximum Gasteiger partial charge on any atom is 0.187 e. The standard InChI is InChI=1S/C19H19NO3/c1-3-23-18-9-7-15(8-10-18)19(22)11-12-20-17-6-4-5-16(13-17)14(2)21/h4-13,20H,3H2,1-2H3/b12-11+. The van der Waals surface area contributed by atoms with Gasteiger partial charge in [0.1, 0.15) is 5.75 Å². The van der Waals surface area contributed by atoms with Crippen LogP contribution in [0.15, 0.2) is 60.8 Å². The van der Waals surface area contributed by atoms with Crippen molar-refractivity contribution >= 4 is 17.3 Å². The molecule has 1 N–H and O–H groups in total. The molecule has 0 fully saturated rings. The van der Waals surface area contributed by atoms with Crippen LogP contribution in [-0.4, -0.2) is 18.2 Å². The maximum absolute atomic E-state index is 12.1. The zero-order chi connectivity index (χ0) is 16.7. The Bertz CT molecular complexity index is 718. The molecular weight excluding hydrogens is 290 g/mol.